The maximum absolute atomic E-state index is 5.44. The van der Waals surface area contributed by atoms with Crippen LogP contribution in [0.5, 0.6) is 5.75 Å². The van der Waals surface area contributed by atoms with Crippen LogP contribution in [0.15, 0.2) is 47.1 Å². The van der Waals surface area contributed by atoms with Gasteiger partial charge in [0.1, 0.15) is 11.6 Å². The van der Waals surface area contributed by atoms with Crippen molar-refractivity contribution in [2.24, 2.45) is 0 Å². The number of hydrogen-bond donors (Lipinski definition) is 1. The van der Waals surface area contributed by atoms with Crippen LogP contribution in [0.3, 0.4) is 0 Å². The van der Waals surface area contributed by atoms with Gasteiger partial charge in [0.05, 0.1) is 12.7 Å². The molecule has 0 bridgehead atoms. The number of pyridine rings is 1. The number of nitrogens with zero attached hydrogens (tertiary/aromatic N) is 3. The first kappa shape index (κ1) is 16.0. The van der Waals surface area contributed by atoms with Gasteiger partial charge in [-0.15, -0.1) is 0 Å². The summed E-state index contributed by atoms with van der Waals surface area (Å²) in [5.74, 6) is 2.54. The Morgan fingerprint density at radius 1 is 1.17 bits per heavy atom. The molecule has 124 valence electrons. The molecule has 0 aliphatic heterocycles. The van der Waals surface area contributed by atoms with Gasteiger partial charge in [0, 0.05) is 18.3 Å². The van der Waals surface area contributed by atoms with E-state index in [1.54, 1.807) is 13.3 Å². The lowest BCUT2D eigenvalue weighted by molar-refractivity contribution is 0.415. The minimum Gasteiger partial charge on any atom is -0.497 e. The molecule has 6 heteroatoms. The second kappa shape index (κ2) is 7.59. The van der Waals surface area contributed by atoms with Crippen LogP contribution in [0.4, 0.5) is 5.82 Å². The zero-order valence-electron chi connectivity index (χ0n) is 13.8. The average molecular weight is 324 g/mol. The zero-order valence-corrected chi connectivity index (χ0v) is 13.8. The van der Waals surface area contributed by atoms with E-state index in [2.05, 4.69) is 27.4 Å². The minimum absolute atomic E-state index is 0.452. The largest absolute Gasteiger partial charge is 0.497 e. The molecule has 1 aromatic carbocycles. The van der Waals surface area contributed by atoms with Crippen molar-refractivity contribution in [1.29, 1.82) is 0 Å². The highest BCUT2D eigenvalue weighted by molar-refractivity contribution is 5.70. The van der Waals surface area contributed by atoms with Gasteiger partial charge in [0.15, 0.2) is 0 Å². The first-order valence-corrected chi connectivity index (χ1v) is 7.99. The number of methoxy groups -OCH3 is 1. The van der Waals surface area contributed by atoms with E-state index >= 15 is 0 Å². The molecular formula is C18H20N4O2. The molecule has 0 spiro atoms. The van der Waals surface area contributed by atoms with Gasteiger partial charge in [-0.1, -0.05) is 18.5 Å². The second-order valence-electron chi connectivity index (χ2n) is 5.33. The van der Waals surface area contributed by atoms with Crippen LogP contribution >= 0.6 is 0 Å². The van der Waals surface area contributed by atoms with Crippen LogP contribution < -0.4 is 10.1 Å². The predicted molar refractivity (Wildman–Crippen MR) is 92.9 cm³/mol. The highest BCUT2D eigenvalue weighted by atomic mass is 16.5. The van der Waals surface area contributed by atoms with E-state index in [1.807, 2.05) is 36.4 Å². The van der Waals surface area contributed by atoms with E-state index in [1.165, 1.54) is 0 Å². The Kier molecular flexibility index (Phi) is 5.05. The van der Waals surface area contributed by atoms with Gasteiger partial charge >= 0.3 is 0 Å². The Morgan fingerprint density at radius 2 is 2.00 bits per heavy atom. The van der Waals surface area contributed by atoms with Crippen molar-refractivity contribution >= 4 is 5.82 Å². The summed E-state index contributed by atoms with van der Waals surface area (Å²) in [5.41, 5.74) is 1.68. The first-order chi connectivity index (χ1) is 11.8. The van der Waals surface area contributed by atoms with Gasteiger partial charge in [0.25, 0.3) is 5.89 Å². The normalized spacial score (nSPS) is 10.6. The summed E-state index contributed by atoms with van der Waals surface area (Å²) >= 11 is 0. The maximum Gasteiger partial charge on any atom is 0.261 e. The topological polar surface area (TPSA) is 73.1 Å². The number of ether oxygens (including phenoxy) is 1. The van der Waals surface area contributed by atoms with Crippen LogP contribution in [0.1, 0.15) is 19.8 Å². The standard InChI is InChI=1S/C18H20N4O2/c1-3-4-11-19-17-15(6-5-12-20-17)18-21-16(22-24-18)13-7-9-14(23-2)10-8-13/h5-10,12H,3-4,11H2,1-2H3,(H,19,20). The molecule has 24 heavy (non-hydrogen) atoms. The highest BCUT2D eigenvalue weighted by Crippen LogP contribution is 2.27. The van der Waals surface area contributed by atoms with Crippen LogP contribution in [0, 0.1) is 0 Å². The Balaban J connectivity index is 1.84. The molecule has 0 radical (unpaired) electrons. The average Bonchev–Trinajstić information content (AvgIpc) is 3.12. The van der Waals surface area contributed by atoms with E-state index in [0.717, 1.165) is 42.1 Å². The van der Waals surface area contributed by atoms with Gasteiger partial charge in [-0.05, 0) is 42.8 Å². The zero-order chi connectivity index (χ0) is 16.8. The first-order valence-electron chi connectivity index (χ1n) is 7.99. The fourth-order valence-electron chi connectivity index (χ4n) is 2.29. The quantitative estimate of drug-likeness (QED) is 0.662. The van der Waals surface area contributed by atoms with Crippen LogP contribution in [-0.2, 0) is 0 Å². The molecule has 3 aromatic rings. The lowest BCUT2D eigenvalue weighted by atomic mass is 10.2. The summed E-state index contributed by atoms with van der Waals surface area (Å²) < 4.78 is 10.6. The van der Waals surface area contributed by atoms with Gasteiger partial charge in [0.2, 0.25) is 5.82 Å². The Bertz CT molecular complexity index is 784. The second-order valence-corrected chi connectivity index (χ2v) is 5.33. The summed E-state index contributed by atoms with van der Waals surface area (Å²) in [6.07, 6.45) is 3.95. The molecule has 2 heterocycles. The fourth-order valence-corrected chi connectivity index (χ4v) is 2.29. The number of benzene rings is 1. The number of nitrogens with one attached hydrogen (secondary N) is 1. The molecule has 6 nitrogen and oxygen atoms in total. The monoisotopic (exact) mass is 324 g/mol. The molecule has 0 atom stereocenters. The van der Waals surface area contributed by atoms with Crippen LogP contribution in [-0.4, -0.2) is 28.8 Å². The van der Waals surface area contributed by atoms with Gasteiger partial charge in [-0.3, -0.25) is 0 Å². The van der Waals surface area contributed by atoms with Crippen molar-refractivity contribution in [3.05, 3.63) is 42.6 Å². The molecular weight excluding hydrogens is 304 g/mol. The lowest BCUT2D eigenvalue weighted by Gasteiger charge is -2.07. The molecule has 0 aliphatic carbocycles. The number of rotatable bonds is 7. The molecule has 2 aromatic heterocycles. The minimum atomic E-state index is 0.452. The summed E-state index contributed by atoms with van der Waals surface area (Å²) in [7, 11) is 1.64. The van der Waals surface area contributed by atoms with Crippen molar-refractivity contribution in [1.82, 2.24) is 15.1 Å². The third kappa shape index (κ3) is 3.53. The van der Waals surface area contributed by atoms with Crippen molar-refractivity contribution < 1.29 is 9.26 Å². The Labute approximate surface area is 140 Å². The Hall–Kier alpha value is -2.89. The highest BCUT2D eigenvalue weighted by Gasteiger charge is 2.14. The molecule has 0 saturated heterocycles. The molecule has 0 unspecified atom stereocenters. The third-order valence-electron chi connectivity index (χ3n) is 3.64. The summed E-state index contributed by atoms with van der Waals surface area (Å²) in [4.78, 5) is 8.87. The molecule has 0 amide bonds. The van der Waals surface area contributed by atoms with E-state index in [-0.39, 0.29) is 0 Å². The summed E-state index contributed by atoms with van der Waals surface area (Å²) in [6, 6.07) is 11.3. The van der Waals surface area contributed by atoms with Crippen molar-refractivity contribution in [3.8, 4) is 28.6 Å². The number of aromatic nitrogens is 3. The SMILES string of the molecule is CCCCNc1ncccc1-c1nc(-c2ccc(OC)cc2)no1. The van der Waals surface area contributed by atoms with Crippen molar-refractivity contribution in [2.45, 2.75) is 19.8 Å². The van der Waals surface area contributed by atoms with E-state index in [4.69, 9.17) is 9.26 Å². The van der Waals surface area contributed by atoms with Crippen molar-refractivity contribution in [3.63, 3.8) is 0 Å². The van der Waals surface area contributed by atoms with Gasteiger partial charge < -0.3 is 14.6 Å². The molecule has 0 fully saturated rings. The Morgan fingerprint density at radius 3 is 2.75 bits per heavy atom. The molecule has 3 rings (SSSR count). The molecule has 0 saturated carbocycles. The number of anilines is 1. The van der Waals surface area contributed by atoms with Gasteiger partial charge in [-0.2, -0.15) is 4.98 Å². The molecule has 0 aliphatic rings. The van der Waals surface area contributed by atoms with Crippen molar-refractivity contribution in [2.75, 3.05) is 19.0 Å². The summed E-state index contributed by atoms with van der Waals surface area (Å²) in [5, 5.41) is 7.39. The number of hydrogen-bond acceptors (Lipinski definition) is 6. The third-order valence-corrected chi connectivity index (χ3v) is 3.64. The van der Waals surface area contributed by atoms with E-state index in [9.17, 15) is 0 Å². The predicted octanol–water partition coefficient (Wildman–Crippen LogP) is 4.02. The number of unbranched alkanes of at least 4 members (excludes halogenated alkanes) is 1. The van der Waals surface area contributed by atoms with Crippen LogP contribution in [0.2, 0.25) is 0 Å². The molecule has 1 N–H and O–H groups in total. The smallest absolute Gasteiger partial charge is 0.261 e. The van der Waals surface area contributed by atoms with E-state index in [0.29, 0.717) is 11.7 Å². The summed E-state index contributed by atoms with van der Waals surface area (Å²) in [6.45, 7) is 3.01. The van der Waals surface area contributed by atoms with E-state index < -0.39 is 0 Å². The fraction of sp³-hybridized carbons (Fsp3) is 0.278. The van der Waals surface area contributed by atoms with Gasteiger partial charge in [-0.25, -0.2) is 4.98 Å². The maximum atomic E-state index is 5.44. The lowest BCUT2D eigenvalue weighted by Crippen LogP contribution is -2.04. The van der Waals surface area contributed by atoms with Crippen LogP contribution in [0.25, 0.3) is 22.8 Å².